The van der Waals surface area contributed by atoms with Crippen LogP contribution in [-0.2, 0) is 11.2 Å². The second kappa shape index (κ2) is 11.6. The van der Waals surface area contributed by atoms with E-state index in [2.05, 4.69) is 31.2 Å². The van der Waals surface area contributed by atoms with Gasteiger partial charge in [0, 0.05) is 22.9 Å². The van der Waals surface area contributed by atoms with E-state index in [9.17, 15) is 9.90 Å². The monoisotopic (exact) mass is 516 g/mol. The minimum absolute atomic E-state index is 0.0633. The van der Waals surface area contributed by atoms with Crippen molar-refractivity contribution in [1.82, 2.24) is 0 Å². The minimum Gasteiger partial charge on any atom is -0.493 e. The van der Waals surface area contributed by atoms with Crippen LogP contribution in [0.5, 0.6) is 17.2 Å². The van der Waals surface area contributed by atoms with Gasteiger partial charge in [0.05, 0.1) is 12.7 Å². The van der Waals surface area contributed by atoms with Crippen molar-refractivity contribution in [3.05, 3.63) is 78.1 Å². The van der Waals surface area contributed by atoms with Crippen LogP contribution in [0, 0.1) is 6.92 Å². The number of aryl methyl sites for hydroxylation is 2. The van der Waals surface area contributed by atoms with Crippen LogP contribution in [0.15, 0.2) is 71.1 Å². The van der Waals surface area contributed by atoms with Crippen molar-refractivity contribution < 1.29 is 28.5 Å². The van der Waals surface area contributed by atoms with Crippen molar-refractivity contribution in [2.75, 3.05) is 6.61 Å². The number of fused-ring (bicyclic) bond motifs is 1. The molecule has 4 aromatic rings. The van der Waals surface area contributed by atoms with Crippen molar-refractivity contribution in [2.45, 2.75) is 65.6 Å². The molecule has 0 aliphatic carbocycles. The van der Waals surface area contributed by atoms with E-state index in [4.69, 9.17) is 18.6 Å². The zero-order valence-electron chi connectivity index (χ0n) is 22.7. The fourth-order valence-electron chi connectivity index (χ4n) is 4.44. The summed E-state index contributed by atoms with van der Waals surface area (Å²) < 4.78 is 24.1. The van der Waals surface area contributed by atoms with Crippen molar-refractivity contribution in [3.63, 3.8) is 0 Å². The molecule has 0 saturated carbocycles. The number of hydrogen-bond acceptors (Lipinski definition) is 5. The van der Waals surface area contributed by atoms with Crippen LogP contribution < -0.4 is 14.2 Å². The molecule has 3 aromatic carbocycles. The first-order valence-corrected chi connectivity index (χ1v) is 13.1. The van der Waals surface area contributed by atoms with E-state index in [-0.39, 0.29) is 6.10 Å². The van der Waals surface area contributed by atoms with E-state index in [0.29, 0.717) is 24.5 Å². The second-order valence-corrected chi connectivity index (χ2v) is 10.0. The molecule has 6 heteroatoms. The van der Waals surface area contributed by atoms with E-state index >= 15 is 0 Å². The van der Waals surface area contributed by atoms with Gasteiger partial charge in [0.25, 0.3) is 0 Å². The summed E-state index contributed by atoms with van der Waals surface area (Å²) in [4.78, 5) is 11.3. The van der Waals surface area contributed by atoms with Crippen molar-refractivity contribution >= 4 is 16.9 Å². The minimum atomic E-state index is -1.30. The third-order valence-corrected chi connectivity index (χ3v) is 6.49. The first-order chi connectivity index (χ1) is 18.2. The Morgan fingerprint density at radius 3 is 2.34 bits per heavy atom. The molecule has 0 spiro atoms. The Kier molecular flexibility index (Phi) is 8.30. The number of hydrogen-bond donors (Lipinski definition) is 1. The molecule has 38 heavy (non-hydrogen) atoms. The topological polar surface area (TPSA) is 78.1 Å². The van der Waals surface area contributed by atoms with E-state index in [1.165, 1.54) is 13.8 Å². The molecule has 0 aliphatic rings. The number of carboxylic acid groups (broad SMARTS) is 1. The van der Waals surface area contributed by atoms with E-state index in [0.717, 1.165) is 52.0 Å². The van der Waals surface area contributed by atoms with Gasteiger partial charge < -0.3 is 23.7 Å². The van der Waals surface area contributed by atoms with Gasteiger partial charge in [-0.2, -0.15) is 0 Å². The number of ether oxygens (including phenoxy) is 3. The van der Waals surface area contributed by atoms with E-state index < -0.39 is 11.6 Å². The number of furan rings is 1. The largest absolute Gasteiger partial charge is 0.493 e. The molecule has 200 valence electrons. The number of carbonyl (C=O) groups is 1. The van der Waals surface area contributed by atoms with Gasteiger partial charge in [0.2, 0.25) is 0 Å². The molecule has 0 radical (unpaired) electrons. The summed E-state index contributed by atoms with van der Waals surface area (Å²) in [6.45, 7) is 9.72. The van der Waals surface area contributed by atoms with Gasteiger partial charge in [-0.25, -0.2) is 4.79 Å². The maximum Gasteiger partial charge on any atom is 0.347 e. The van der Waals surface area contributed by atoms with E-state index in [1.54, 1.807) is 24.3 Å². The van der Waals surface area contributed by atoms with Crippen LogP contribution in [0.25, 0.3) is 22.1 Å². The Balaban J connectivity index is 1.41. The molecule has 4 rings (SSSR count). The molecule has 0 saturated heterocycles. The normalized spacial score (nSPS) is 12.3. The lowest BCUT2D eigenvalue weighted by atomic mass is 9.99. The fourth-order valence-corrected chi connectivity index (χ4v) is 4.44. The molecular weight excluding hydrogens is 480 g/mol. The number of aliphatic carboxylic acids is 1. The average Bonchev–Trinajstić information content (AvgIpc) is 3.23. The smallest absolute Gasteiger partial charge is 0.347 e. The molecule has 1 N–H and O–H groups in total. The molecule has 0 bridgehead atoms. The number of benzene rings is 3. The summed E-state index contributed by atoms with van der Waals surface area (Å²) in [5.41, 5.74) is 2.98. The third kappa shape index (κ3) is 6.13. The molecule has 1 heterocycles. The maximum atomic E-state index is 11.3. The molecule has 1 aromatic heterocycles. The third-order valence-electron chi connectivity index (χ3n) is 6.49. The molecule has 0 unspecified atom stereocenters. The van der Waals surface area contributed by atoms with Crippen molar-refractivity contribution in [1.29, 1.82) is 0 Å². The van der Waals surface area contributed by atoms with Crippen molar-refractivity contribution in [2.24, 2.45) is 0 Å². The zero-order chi connectivity index (χ0) is 27.3. The van der Waals surface area contributed by atoms with Crippen LogP contribution in [-0.4, -0.2) is 29.4 Å². The van der Waals surface area contributed by atoms with Crippen LogP contribution in [0.2, 0.25) is 0 Å². The lowest BCUT2D eigenvalue weighted by molar-refractivity contribution is -0.152. The lowest BCUT2D eigenvalue weighted by Crippen LogP contribution is -2.37. The number of carboxylic acids is 1. The highest BCUT2D eigenvalue weighted by Crippen LogP contribution is 2.40. The molecule has 1 atom stereocenters. The van der Waals surface area contributed by atoms with Gasteiger partial charge in [-0.3, -0.25) is 0 Å². The summed E-state index contributed by atoms with van der Waals surface area (Å²) in [6.07, 6.45) is 2.48. The highest BCUT2D eigenvalue weighted by atomic mass is 16.5. The van der Waals surface area contributed by atoms with Crippen LogP contribution >= 0.6 is 0 Å². The SMILES string of the molecule is CCCc1c(O[C@H](C)CCOc2ccc(OC(C)(C)C(=O)O)cc2)ccc2c(-c3ccccc3)c(C)oc12. The van der Waals surface area contributed by atoms with Crippen LogP contribution in [0.1, 0.15) is 51.9 Å². The van der Waals surface area contributed by atoms with Gasteiger partial charge >= 0.3 is 5.97 Å². The second-order valence-electron chi connectivity index (χ2n) is 10.0. The average molecular weight is 517 g/mol. The summed E-state index contributed by atoms with van der Waals surface area (Å²) >= 11 is 0. The van der Waals surface area contributed by atoms with Crippen LogP contribution in [0.4, 0.5) is 0 Å². The van der Waals surface area contributed by atoms with Gasteiger partial charge in [-0.15, -0.1) is 0 Å². The Morgan fingerprint density at radius 1 is 1.00 bits per heavy atom. The molecule has 0 fully saturated rings. The predicted molar refractivity (Wildman–Crippen MR) is 149 cm³/mol. The van der Waals surface area contributed by atoms with Gasteiger partial charge in [0.15, 0.2) is 5.60 Å². The molecule has 6 nitrogen and oxygen atoms in total. The Labute approximate surface area is 224 Å². The quantitative estimate of drug-likeness (QED) is 0.207. The molecule has 0 amide bonds. The highest BCUT2D eigenvalue weighted by molar-refractivity contribution is 5.98. The zero-order valence-corrected chi connectivity index (χ0v) is 22.7. The van der Waals surface area contributed by atoms with E-state index in [1.807, 2.05) is 32.0 Å². The summed E-state index contributed by atoms with van der Waals surface area (Å²) in [6, 6.07) is 21.5. The maximum absolute atomic E-state index is 11.3. The van der Waals surface area contributed by atoms with Crippen LogP contribution in [0.3, 0.4) is 0 Å². The fraction of sp³-hybridized carbons (Fsp3) is 0.344. The van der Waals surface area contributed by atoms with Gasteiger partial charge in [-0.1, -0.05) is 43.7 Å². The Morgan fingerprint density at radius 2 is 1.68 bits per heavy atom. The highest BCUT2D eigenvalue weighted by Gasteiger charge is 2.29. The Bertz CT molecular complexity index is 1370. The first-order valence-electron chi connectivity index (χ1n) is 13.1. The number of rotatable bonds is 12. The predicted octanol–water partition coefficient (Wildman–Crippen LogP) is 7.84. The standard InChI is InChI=1S/C32H36O6/c1-6-10-26-28(18-17-27-29(22(3)37-30(26)27)23-11-8-7-9-12-23)36-21(2)19-20-35-24-13-15-25(16-14-24)38-32(4,5)31(33)34/h7-9,11-18,21H,6,10,19-20H2,1-5H3,(H,33,34)/t21-/m1/s1. The summed E-state index contributed by atoms with van der Waals surface area (Å²) in [5.74, 6) is 1.90. The van der Waals surface area contributed by atoms with Gasteiger partial charge in [0.1, 0.15) is 28.6 Å². The Hall–Kier alpha value is -3.93. The first kappa shape index (κ1) is 27.1. The lowest BCUT2D eigenvalue weighted by Gasteiger charge is -2.21. The summed E-state index contributed by atoms with van der Waals surface area (Å²) in [7, 11) is 0. The summed E-state index contributed by atoms with van der Waals surface area (Å²) in [5, 5.41) is 10.3. The molecule has 0 aliphatic heterocycles. The van der Waals surface area contributed by atoms with Gasteiger partial charge in [-0.05, 0) is 76.1 Å². The molecular formula is C32H36O6. The van der Waals surface area contributed by atoms with Crippen molar-refractivity contribution in [3.8, 4) is 28.4 Å².